The van der Waals surface area contributed by atoms with E-state index in [1.165, 1.54) is 9.88 Å². The zero-order valence-corrected chi connectivity index (χ0v) is 11.4. The molecule has 16 heavy (non-hydrogen) atoms. The van der Waals surface area contributed by atoms with Crippen LogP contribution in [0.2, 0.25) is 4.34 Å². The number of thiophene rings is 1. The minimum Gasteiger partial charge on any atom is -0.306 e. The van der Waals surface area contributed by atoms with E-state index in [0.29, 0.717) is 0 Å². The molecule has 0 amide bonds. The first kappa shape index (κ1) is 12.0. The Morgan fingerprint density at radius 2 is 2.25 bits per heavy atom. The van der Waals surface area contributed by atoms with Gasteiger partial charge in [-0.3, -0.25) is 0 Å². The maximum Gasteiger partial charge on any atom is 0.0931 e. The van der Waals surface area contributed by atoms with Crippen LogP contribution in [0.5, 0.6) is 0 Å². The monoisotopic (exact) mass is 272 g/mol. The second kappa shape index (κ2) is 5.77. The van der Waals surface area contributed by atoms with Crippen LogP contribution >= 0.6 is 34.3 Å². The van der Waals surface area contributed by atoms with Crippen LogP contribution in [0, 0.1) is 0 Å². The van der Waals surface area contributed by atoms with Crippen LogP contribution in [0.3, 0.4) is 0 Å². The molecule has 2 heterocycles. The van der Waals surface area contributed by atoms with Gasteiger partial charge in [0.25, 0.3) is 0 Å². The van der Waals surface area contributed by atoms with Gasteiger partial charge in [-0.05, 0) is 18.6 Å². The van der Waals surface area contributed by atoms with Crippen molar-refractivity contribution in [1.29, 1.82) is 0 Å². The van der Waals surface area contributed by atoms with E-state index in [0.717, 1.165) is 29.5 Å². The highest BCUT2D eigenvalue weighted by Crippen LogP contribution is 2.21. The molecule has 0 bridgehead atoms. The number of nitrogens with zero attached hydrogens (tertiary/aromatic N) is 1. The van der Waals surface area contributed by atoms with E-state index in [9.17, 15) is 0 Å². The summed E-state index contributed by atoms with van der Waals surface area (Å²) in [6.45, 7) is 3.81. The first-order valence-corrected chi connectivity index (χ1v) is 7.23. The fraction of sp³-hybridized carbons (Fsp3) is 0.364. The summed E-state index contributed by atoms with van der Waals surface area (Å²) >= 11 is 9.21. The fourth-order valence-corrected chi connectivity index (χ4v) is 3.15. The van der Waals surface area contributed by atoms with Crippen LogP contribution in [-0.4, -0.2) is 4.98 Å². The quantitative estimate of drug-likeness (QED) is 0.898. The number of aryl methyl sites for hydroxylation is 1. The molecule has 0 radical (unpaired) electrons. The van der Waals surface area contributed by atoms with Crippen molar-refractivity contribution in [3.8, 4) is 0 Å². The Hall–Kier alpha value is -0.420. The minimum atomic E-state index is 0.825. The third-order valence-corrected chi connectivity index (χ3v) is 4.41. The standard InChI is InChI=1S/C11H13ClN2S2/c1-2-11-14-8(7-15-11)5-13-6-9-3-4-10(12)16-9/h3-4,7,13H,2,5-6H2,1H3. The van der Waals surface area contributed by atoms with Gasteiger partial charge in [0, 0.05) is 23.3 Å². The van der Waals surface area contributed by atoms with E-state index in [1.807, 2.05) is 6.07 Å². The van der Waals surface area contributed by atoms with Crippen molar-refractivity contribution in [2.24, 2.45) is 0 Å². The van der Waals surface area contributed by atoms with Gasteiger partial charge >= 0.3 is 0 Å². The van der Waals surface area contributed by atoms with Gasteiger partial charge in [0.2, 0.25) is 0 Å². The Morgan fingerprint density at radius 1 is 1.38 bits per heavy atom. The van der Waals surface area contributed by atoms with Crippen molar-refractivity contribution in [1.82, 2.24) is 10.3 Å². The smallest absolute Gasteiger partial charge is 0.0931 e. The molecule has 0 saturated carbocycles. The minimum absolute atomic E-state index is 0.825. The zero-order valence-electron chi connectivity index (χ0n) is 9.00. The summed E-state index contributed by atoms with van der Waals surface area (Å²) in [5, 5.41) is 6.69. The molecule has 0 unspecified atom stereocenters. The Morgan fingerprint density at radius 3 is 2.88 bits per heavy atom. The van der Waals surface area contributed by atoms with Crippen molar-refractivity contribution in [3.63, 3.8) is 0 Å². The number of aromatic nitrogens is 1. The topological polar surface area (TPSA) is 24.9 Å². The van der Waals surface area contributed by atoms with E-state index in [2.05, 4.69) is 28.7 Å². The molecule has 0 saturated heterocycles. The average molecular weight is 273 g/mol. The molecule has 2 aromatic heterocycles. The Kier molecular flexibility index (Phi) is 4.35. The highest BCUT2D eigenvalue weighted by molar-refractivity contribution is 7.16. The van der Waals surface area contributed by atoms with E-state index < -0.39 is 0 Å². The van der Waals surface area contributed by atoms with Crippen LogP contribution in [-0.2, 0) is 19.5 Å². The molecule has 0 aromatic carbocycles. The molecular formula is C11H13ClN2S2. The van der Waals surface area contributed by atoms with Crippen molar-refractivity contribution in [2.75, 3.05) is 0 Å². The highest BCUT2D eigenvalue weighted by Gasteiger charge is 2.01. The predicted octanol–water partition coefficient (Wildman–Crippen LogP) is 3.71. The van der Waals surface area contributed by atoms with Gasteiger partial charge in [0.05, 0.1) is 15.0 Å². The SMILES string of the molecule is CCc1nc(CNCc2ccc(Cl)s2)cs1. The molecule has 2 rings (SSSR count). The van der Waals surface area contributed by atoms with Crippen LogP contribution in [0.25, 0.3) is 0 Å². The molecular weight excluding hydrogens is 260 g/mol. The molecule has 0 aliphatic rings. The summed E-state index contributed by atoms with van der Waals surface area (Å²) in [6, 6.07) is 3.99. The molecule has 5 heteroatoms. The van der Waals surface area contributed by atoms with Gasteiger partial charge in [-0.1, -0.05) is 18.5 Å². The van der Waals surface area contributed by atoms with E-state index >= 15 is 0 Å². The lowest BCUT2D eigenvalue weighted by Crippen LogP contribution is -2.11. The molecule has 0 aliphatic carbocycles. The van der Waals surface area contributed by atoms with Crippen molar-refractivity contribution >= 4 is 34.3 Å². The summed E-state index contributed by atoms with van der Waals surface area (Å²) < 4.78 is 0.846. The fourth-order valence-electron chi connectivity index (χ4n) is 1.35. The van der Waals surface area contributed by atoms with Crippen LogP contribution in [0.4, 0.5) is 0 Å². The maximum absolute atomic E-state index is 5.86. The molecule has 2 nitrogen and oxygen atoms in total. The van der Waals surface area contributed by atoms with Gasteiger partial charge in [-0.2, -0.15) is 0 Å². The molecule has 1 N–H and O–H groups in total. The maximum atomic E-state index is 5.86. The zero-order chi connectivity index (χ0) is 11.4. The summed E-state index contributed by atoms with van der Waals surface area (Å²) in [5.41, 5.74) is 1.13. The molecule has 86 valence electrons. The lowest BCUT2D eigenvalue weighted by Gasteiger charge is -1.99. The van der Waals surface area contributed by atoms with Gasteiger partial charge < -0.3 is 5.32 Å². The first-order chi connectivity index (χ1) is 7.78. The lowest BCUT2D eigenvalue weighted by molar-refractivity contribution is 0.688. The number of halogens is 1. The molecule has 0 fully saturated rings. The van der Waals surface area contributed by atoms with E-state index in [1.54, 1.807) is 22.7 Å². The summed E-state index contributed by atoms with van der Waals surface area (Å²) in [6.07, 6.45) is 1.02. The van der Waals surface area contributed by atoms with Crippen LogP contribution in [0.1, 0.15) is 22.5 Å². The van der Waals surface area contributed by atoms with Gasteiger partial charge in [-0.15, -0.1) is 22.7 Å². The molecule has 0 atom stereocenters. The van der Waals surface area contributed by atoms with E-state index in [-0.39, 0.29) is 0 Å². The number of hydrogen-bond acceptors (Lipinski definition) is 4. The van der Waals surface area contributed by atoms with Gasteiger partial charge in [0.1, 0.15) is 0 Å². The number of nitrogens with one attached hydrogen (secondary N) is 1. The summed E-state index contributed by atoms with van der Waals surface area (Å²) in [4.78, 5) is 5.76. The summed E-state index contributed by atoms with van der Waals surface area (Å²) in [7, 11) is 0. The first-order valence-electron chi connectivity index (χ1n) is 5.16. The second-order valence-corrected chi connectivity index (χ2v) is 6.14. The van der Waals surface area contributed by atoms with Crippen LogP contribution < -0.4 is 5.32 Å². The van der Waals surface area contributed by atoms with Crippen molar-refractivity contribution in [2.45, 2.75) is 26.4 Å². The lowest BCUT2D eigenvalue weighted by atomic mass is 10.4. The Labute approximate surface area is 108 Å². The second-order valence-electron chi connectivity index (χ2n) is 3.40. The van der Waals surface area contributed by atoms with Gasteiger partial charge in [-0.25, -0.2) is 4.98 Å². The predicted molar refractivity (Wildman–Crippen MR) is 71.4 cm³/mol. The van der Waals surface area contributed by atoms with Gasteiger partial charge in [0.15, 0.2) is 0 Å². The average Bonchev–Trinajstić information content (AvgIpc) is 2.88. The molecule has 0 aliphatic heterocycles. The largest absolute Gasteiger partial charge is 0.306 e. The number of thiazole rings is 1. The summed E-state index contributed by atoms with van der Waals surface area (Å²) in [5.74, 6) is 0. The van der Waals surface area contributed by atoms with Crippen molar-refractivity contribution < 1.29 is 0 Å². The molecule has 0 spiro atoms. The van der Waals surface area contributed by atoms with Crippen molar-refractivity contribution in [3.05, 3.63) is 37.4 Å². The number of hydrogen-bond donors (Lipinski definition) is 1. The molecule has 2 aromatic rings. The number of rotatable bonds is 5. The van der Waals surface area contributed by atoms with Crippen LogP contribution in [0.15, 0.2) is 17.5 Å². The third kappa shape index (κ3) is 3.28. The highest BCUT2D eigenvalue weighted by atomic mass is 35.5. The normalized spacial score (nSPS) is 10.9. The Bertz CT molecular complexity index is 450. The third-order valence-electron chi connectivity index (χ3n) is 2.14. The Balaban J connectivity index is 1.79. The van der Waals surface area contributed by atoms with E-state index in [4.69, 9.17) is 11.6 Å².